The molecule has 1 aromatic carbocycles. The van der Waals surface area contributed by atoms with Crippen molar-refractivity contribution in [2.75, 3.05) is 26.2 Å². The Bertz CT molecular complexity index is 963. The molecule has 0 saturated carbocycles. The molecule has 0 radical (unpaired) electrons. The Kier molecular flexibility index (Phi) is 5.65. The van der Waals surface area contributed by atoms with E-state index in [2.05, 4.69) is 33.6 Å². The minimum absolute atomic E-state index is 0.255. The lowest BCUT2D eigenvalue weighted by molar-refractivity contribution is 0.309. The second kappa shape index (κ2) is 7.94. The van der Waals surface area contributed by atoms with E-state index in [4.69, 9.17) is 0 Å². The number of hydrogen-bond acceptors (Lipinski definition) is 5. The quantitative estimate of drug-likeness (QED) is 0.653. The number of benzene rings is 1. The largest absolute Gasteiger partial charge is 0.303 e. The molecule has 3 rings (SSSR count). The van der Waals surface area contributed by atoms with Crippen LogP contribution in [0.25, 0.3) is 16.8 Å². The molecule has 0 spiro atoms. The molecule has 0 saturated heterocycles. The van der Waals surface area contributed by atoms with E-state index >= 15 is 0 Å². The molecule has 0 fully saturated rings. The number of rotatable bonds is 8. The van der Waals surface area contributed by atoms with Crippen LogP contribution in [-0.4, -0.2) is 54.1 Å². The van der Waals surface area contributed by atoms with Gasteiger partial charge in [0.25, 0.3) is 0 Å². The molecule has 3 aromatic rings. The van der Waals surface area contributed by atoms with Crippen LogP contribution in [0, 0.1) is 0 Å². The van der Waals surface area contributed by atoms with Crippen molar-refractivity contribution in [2.45, 2.75) is 18.7 Å². The van der Waals surface area contributed by atoms with Crippen LogP contribution in [0.3, 0.4) is 0 Å². The molecule has 0 atom stereocenters. The molecule has 0 unspecified atom stereocenters. The van der Waals surface area contributed by atoms with Gasteiger partial charge in [0.2, 0.25) is 10.0 Å². The van der Waals surface area contributed by atoms with Gasteiger partial charge >= 0.3 is 0 Å². The van der Waals surface area contributed by atoms with E-state index in [1.165, 1.54) is 0 Å². The van der Waals surface area contributed by atoms with Gasteiger partial charge in [0.05, 0.1) is 11.1 Å². The van der Waals surface area contributed by atoms with E-state index in [1.807, 2.05) is 12.3 Å². The van der Waals surface area contributed by atoms with E-state index < -0.39 is 10.0 Å². The zero-order valence-electron chi connectivity index (χ0n) is 15.0. The first-order chi connectivity index (χ1) is 12.5. The van der Waals surface area contributed by atoms with Crippen LogP contribution in [0.5, 0.6) is 0 Å². The third kappa shape index (κ3) is 3.92. The van der Waals surface area contributed by atoms with Crippen molar-refractivity contribution in [1.82, 2.24) is 24.2 Å². The molecule has 0 aliphatic heterocycles. The smallest absolute Gasteiger partial charge is 0.240 e. The van der Waals surface area contributed by atoms with Gasteiger partial charge in [-0.2, -0.15) is 5.10 Å². The van der Waals surface area contributed by atoms with Crippen molar-refractivity contribution in [2.24, 2.45) is 0 Å². The molecule has 8 heteroatoms. The minimum atomic E-state index is -3.51. The fourth-order valence-corrected chi connectivity index (χ4v) is 3.83. The van der Waals surface area contributed by atoms with Gasteiger partial charge in [-0.05, 0) is 36.9 Å². The highest BCUT2D eigenvalue weighted by atomic mass is 32.2. The maximum Gasteiger partial charge on any atom is 0.240 e. The average molecular weight is 373 g/mol. The number of fused-ring (bicyclic) bond motifs is 1. The maximum absolute atomic E-state index is 12.4. The Morgan fingerprint density at radius 3 is 2.58 bits per heavy atom. The zero-order chi connectivity index (χ0) is 18.6. The molecule has 0 amide bonds. The molecule has 26 heavy (non-hydrogen) atoms. The van der Waals surface area contributed by atoms with Crippen molar-refractivity contribution in [1.29, 1.82) is 0 Å². The maximum atomic E-state index is 12.4. The first kappa shape index (κ1) is 18.5. The van der Waals surface area contributed by atoms with Gasteiger partial charge in [-0.25, -0.2) is 22.6 Å². The summed E-state index contributed by atoms with van der Waals surface area (Å²) in [6.45, 7) is 7.02. The SMILES string of the molecule is CCN(CC)CCNS(=O)(=O)c1ccc(-c2cnn3cccnc23)cc1. The topological polar surface area (TPSA) is 79.6 Å². The van der Waals surface area contributed by atoms with Gasteiger partial charge in [0.1, 0.15) is 0 Å². The third-order valence-electron chi connectivity index (χ3n) is 4.37. The molecule has 0 aliphatic carbocycles. The summed E-state index contributed by atoms with van der Waals surface area (Å²) in [6.07, 6.45) is 5.26. The van der Waals surface area contributed by atoms with Crippen molar-refractivity contribution in [3.05, 3.63) is 48.9 Å². The fourth-order valence-electron chi connectivity index (χ4n) is 2.81. The average Bonchev–Trinajstić information content (AvgIpc) is 3.09. The Morgan fingerprint density at radius 1 is 1.15 bits per heavy atom. The summed E-state index contributed by atoms with van der Waals surface area (Å²) in [6, 6.07) is 8.60. The third-order valence-corrected chi connectivity index (χ3v) is 5.85. The minimum Gasteiger partial charge on any atom is -0.303 e. The lowest BCUT2D eigenvalue weighted by Crippen LogP contribution is -2.34. The molecule has 7 nitrogen and oxygen atoms in total. The molecular weight excluding hydrogens is 350 g/mol. The molecule has 138 valence electrons. The Morgan fingerprint density at radius 2 is 1.88 bits per heavy atom. The standard InChI is InChI=1S/C18H23N5O2S/c1-3-22(4-2)13-11-21-26(24,25)16-8-6-15(7-9-16)17-14-20-23-12-5-10-19-18(17)23/h5-10,12,14,21H,3-4,11,13H2,1-2H3. The van der Waals surface area contributed by atoms with Crippen LogP contribution in [0.15, 0.2) is 53.8 Å². The summed E-state index contributed by atoms with van der Waals surface area (Å²) in [5, 5.41) is 4.26. The number of nitrogens with one attached hydrogen (secondary N) is 1. The van der Waals surface area contributed by atoms with E-state index in [9.17, 15) is 8.42 Å². The van der Waals surface area contributed by atoms with Crippen LogP contribution in [0.4, 0.5) is 0 Å². The number of aromatic nitrogens is 3. The van der Waals surface area contributed by atoms with E-state index in [-0.39, 0.29) is 4.90 Å². The van der Waals surface area contributed by atoms with Gasteiger partial charge in [-0.15, -0.1) is 0 Å². The Labute approximate surface area is 153 Å². The van der Waals surface area contributed by atoms with E-state index in [1.54, 1.807) is 41.2 Å². The molecule has 2 heterocycles. The van der Waals surface area contributed by atoms with Crippen LogP contribution in [0.2, 0.25) is 0 Å². The second-order valence-electron chi connectivity index (χ2n) is 5.90. The summed E-state index contributed by atoms with van der Waals surface area (Å²) in [4.78, 5) is 6.75. The van der Waals surface area contributed by atoms with Crippen LogP contribution in [0.1, 0.15) is 13.8 Å². The highest BCUT2D eigenvalue weighted by Gasteiger charge is 2.15. The number of nitrogens with zero attached hydrogens (tertiary/aromatic N) is 4. The van der Waals surface area contributed by atoms with Crippen molar-refractivity contribution < 1.29 is 8.42 Å². The highest BCUT2D eigenvalue weighted by Crippen LogP contribution is 2.24. The predicted molar refractivity (Wildman–Crippen MR) is 101 cm³/mol. The van der Waals surface area contributed by atoms with Gasteiger partial charge < -0.3 is 4.90 Å². The van der Waals surface area contributed by atoms with E-state index in [0.717, 1.165) is 29.9 Å². The molecule has 0 bridgehead atoms. The second-order valence-corrected chi connectivity index (χ2v) is 7.66. The summed E-state index contributed by atoms with van der Waals surface area (Å²) in [5.41, 5.74) is 2.48. The number of hydrogen-bond donors (Lipinski definition) is 1. The van der Waals surface area contributed by atoms with Gasteiger partial charge in [0.15, 0.2) is 5.65 Å². The first-order valence-electron chi connectivity index (χ1n) is 8.66. The normalized spacial score (nSPS) is 12.1. The fraction of sp³-hybridized carbons (Fsp3) is 0.333. The molecular formula is C18H23N5O2S. The summed E-state index contributed by atoms with van der Waals surface area (Å²) in [7, 11) is -3.51. The lowest BCUT2D eigenvalue weighted by atomic mass is 10.1. The molecule has 1 N–H and O–H groups in total. The summed E-state index contributed by atoms with van der Waals surface area (Å²) in [5.74, 6) is 0. The van der Waals surface area contributed by atoms with Crippen LogP contribution >= 0.6 is 0 Å². The Balaban J connectivity index is 1.74. The summed E-state index contributed by atoms with van der Waals surface area (Å²) < 4.78 is 29.2. The van der Waals surface area contributed by atoms with Crippen molar-refractivity contribution >= 4 is 15.7 Å². The number of sulfonamides is 1. The first-order valence-corrected chi connectivity index (χ1v) is 10.1. The monoisotopic (exact) mass is 373 g/mol. The zero-order valence-corrected chi connectivity index (χ0v) is 15.8. The van der Waals surface area contributed by atoms with Crippen LogP contribution in [-0.2, 0) is 10.0 Å². The van der Waals surface area contributed by atoms with Gasteiger partial charge in [0, 0.05) is 31.0 Å². The van der Waals surface area contributed by atoms with Gasteiger partial charge in [-0.1, -0.05) is 26.0 Å². The number of likely N-dealkylation sites (N-methyl/N-ethyl adjacent to an activating group) is 1. The lowest BCUT2D eigenvalue weighted by Gasteiger charge is -2.18. The van der Waals surface area contributed by atoms with Crippen molar-refractivity contribution in [3.8, 4) is 11.1 Å². The Hall–Kier alpha value is -2.29. The molecule has 0 aliphatic rings. The predicted octanol–water partition coefficient (Wildman–Crippen LogP) is 2.02. The molecule has 2 aromatic heterocycles. The van der Waals surface area contributed by atoms with Crippen LogP contribution < -0.4 is 4.72 Å². The summed E-state index contributed by atoms with van der Waals surface area (Å²) >= 11 is 0. The van der Waals surface area contributed by atoms with Crippen molar-refractivity contribution in [3.63, 3.8) is 0 Å². The highest BCUT2D eigenvalue weighted by molar-refractivity contribution is 7.89. The van der Waals surface area contributed by atoms with Gasteiger partial charge in [-0.3, -0.25) is 0 Å². The van der Waals surface area contributed by atoms with E-state index in [0.29, 0.717) is 13.1 Å².